The monoisotopic (exact) mass is 363 g/mol. The van der Waals surface area contributed by atoms with E-state index >= 15 is 0 Å². The van der Waals surface area contributed by atoms with Crippen molar-refractivity contribution in [2.45, 2.75) is 4.90 Å². The van der Waals surface area contributed by atoms with E-state index < -0.39 is 10.0 Å². The highest BCUT2D eigenvalue weighted by atomic mass is 32.2. The number of hydrogen-bond donors (Lipinski definition) is 2. The molecule has 4 N–H and O–H groups in total. The molecular formula is C20H17N3O2S. The summed E-state index contributed by atoms with van der Waals surface area (Å²) in [6.45, 7) is 0. The molecule has 130 valence electrons. The number of hydrogen-bond acceptors (Lipinski definition) is 4. The van der Waals surface area contributed by atoms with Crippen molar-refractivity contribution in [3.05, 3.63) is 79.0 Å². The van der Waals surface area contributed by atoms with E-state index in [0.717, 1.165) is 16.5 Å². The molecule has 6 heteroatoms. The molecule has 0 unspecified atom stereocenters. The minimum Gasteiger partial charge on any atom is -0.399 e. The van der Waals surface area contributed by atoms with Crippen LogP contribution in [0.25, 0.3) is 22.0 Å². The SMILES string of the molecule is Nc1ccc(-c2cn(S(=O)(=O)c3ccccc3)c3cc(N)ccc23)cc1. The fourth-order valence-corrected chi connectivity index (χ4v) is 4.40. The van der Waals surface area contributed by atoms with Gasteiger partial charge in [0.05, 0.1) is 10.4 Å². The smallest absolute Gasteiger partial charge is 0.268 e. The molecule has 0 aliphatic heterocycles. The van der Waals surface area contributed by atoms with Gasteiger partial charge >= 0.3 is 0 Å². The van der Waals surface area contributed by atoms with Crippen molar-refractivity contribution in [2.75, 3.05) is 11.5 Å². The van der Waals surface area contributed by atoms with Crippen LogP contribution in [0.2, 0.25) is 0 Å². The van der Waals surface area contributed by atoms with Gasteiger partial charge < -0.3 is 11.5 Å². The van der Waals surface area contributed by atoms with Crippen LogP contribution in [0.5, 0.6) is 0 Å². The summed E-state index contributed by atoms with van der Waals surface area (Å²) in [7, 11) is -3.74. The van der Waals surface area contributed by atoms with Crippen molar-refractivity contribution in [3.63, 3.8) is 0 Å². The lowest BCUT2D eigenvalue weighted by Gasteiger charge is -2.07. The molecule has 1 aromatic heterocycles. The summed E-state index contributed by atoms with van der Waals surface area (Å²) < 4.78 is 27.6. The quantitative estimate of drug-likeness (QED) is 0.543. The van der Waals surface area contributed by atoms with Gasteiger partial charge in [-0.25, -0.2) is 12.4 Å². The lowest BCUT2D eigenvalue weighted by molar-refractivity contribution is 0.589. The second kappa shape index (κ2) is 5.93. The van der Waals surface area contributed by atoms with Gasteiger partial charge in [0.15, 0.2) is 0 Å². The zero-order chi connectivity index (χ0) is 18.3. The molecule has 5 nitrogen and oxygen atoms in total. The van der Waals surface area contributed by atoms with Crippen molar-refractivity contribution in [1.82, 2.24) is 3.97 Å². The Morgan fingerprint density at radius 1 is 0.769 bits per heavy atom. The molecule has 0 radical (unpaired) electrons. The molecule has 4 rings (SSSR count). The van der Waals surface area contributed by atoms with Crippen LogP contribution in [-0.4, -0.2) is 12.4 Å². The van der Waals surface area contributed by atoms with Crippen LogP contribution in [0.4, 0.5) is 11.4 Å². The molecule has 0 aliphatic carbocycles. The fourth-order valence-electron chi connectivity index (χ4n) is 3.01. The average molecular weight is 363 g/mol. The summed E-state index contributed by atoms with van der Waals surface area (Å²) in [4.78, 5) is 0.225. The Morgan fingerprint density at radius 2 is 1.42 bits per heavy atom. The van der Waals surface area contributed by atoms with Crippen molar-refractivity contribution in [1.29, 1.82) is 0 Å². The number of anilines is 2. The molecule has 0 saturated carbocycles. The van der Waals surface area contributed by atoms with E-state index in [1.165, 1.54) is 3.97 Å². The van der Waals surface area contributed by atoms with Gasteiger partial charge in [0, 0.05) is 28.5 Å². The van der Waals surface area contributed by atoms with Gasteiger partial charge in [-0.15, -0.1) is 0 Å². The van der Waals surface area contributed by atoms with Crippen LogP contribution >= 0.6 is 0 Å². The summed E-state index contributed by atoms with van der Waals surface area (Å²) in [5.74, 6) is 0. The maximum atomic E-state index is 13.2. The molecule has 0 spiro atoms. The number of nitrogen functional groups attached to an aromatic ring is 2. The Bertz CT molecular complexity index is 1200. The second-order valence-electron chi connectivity index (χ2n) is 6.06. The molecule has 3 aromatic carbocycles. The van der Waals surface area contributed by atoms with E-state index in [1.54, 1.807) is 60.8 Å². The third kappa shape index (κ3) is 2.60. The van der Waals surface area contributed by atoms with Crippen molar-refractivity contribution >= 4 is 32.3 Å². The Balaban J connectivity index is 2.02. The van der Waals surface area contributed by atoms with Crippen LogP contribution in [0.1, 0.15) is 0 Å². The largest absolute Gasteiger partial charge is 0.399 e. The van der Waals surface area contributed by atoms with E-state index in [0.29, 0.717) is 16.9 Å². The number of nitrogens with zero attached hydrogens (tertiary/aromatic N) is 1. The topological polar surface area (TPSA) is 91.1 Å². The van der Waals surface area contributed by atoms with Crippen LogP contribution in [-0.2, 0) is 10.0 Å². The van der Waals surface area contributed by atoms with E-state index in [4.69, 9.17) is 11.5 Å². The minimum atomic E-state index is -3.74. The standard InChI is InChI=1S/C20H17N3O2S/c21-15-8-6-14(7-9-15)19-13-23(20-12-16(22)10-11-18(19)20)26(24,25)17-4-2-1-3-5-17/h1-13H,21-22H2. The zero-order valence-electron chi connectivity index (χ0n) is 13.8. The van der Waals surface area contributed by atoms with Gasteiger partial charge in [0.25, 0.3) is 10.0 Å². The lowest BCUT2D eigenvalue weighted by atomic mass is 10.0. The first-order valence-corrected chi connectivity index (χ1v) is 9.48. The number of benzene rings is 3. The Kier molecular flexibility index (Phi) is 3.70. The van der Waals surface area contributed by atoms with E-state index in [2.05, 4.69) is 0 Å². The molecule has 26 heavy (non-hydrogen) atoms. The van der Waals surface area contributed by atoms with E-state index in [1.807, 2.05) is 18.2 Å². The maximum Gasteiger partial charge on any atom is 0.268 e. The Morgan fingerprint density at radius 3 is 2.12 bits per heavy atom. The highest BCUT2D eigenvalue weighted by Crippen LogP contribution is 2.34. The molecule has 0 fully saturated rings. The molecule has 0 saturated heterocycles. The van der Waals surface area contributed by atoms with Gasteiger partial charge in [0.2, 0.25) is 0 Å². The summed E-state index contributed by atoms with van der Waals surface area (Å²) in [6, 6.07) is 21.0. The predicted octanol–water partition coefficient (Wildman–Crippen LogP) is 3.71. The normalized spacial score (nSPS) is 11.7. The Hall–Kier alpha value is -3.25. The molecule has 0 bridgehead atoms. The van der Waals surface area contributed by atoms with Gasteiger partial charge in [-0.1, -0.05) is 36.4 Å². The van der Waals surface area contributed by atoms with Crippen molar-refractivity contribution in [2.24, 2.45) is 0 Å². The highest BCUT2D eigenvalue weighted by molar-refractivity contribution is 7.90. The summed E-state index contributed by atoms with van der Waals surface area (Å²) in [5, 5.41) is 0.809. The minimum absolute atomic E-state index is 0.225. The average Bonchev–Trinajstić information content (AvgIpc) is 3.02. The molecular weight excluding hydrogens is 346 g/mol. The summed E-state index contributed by atoms with van der Waals surface area (Å²) in [5.41, 5.74) is 15.1. The third-order valence-corrected chi connectivity index (χ3v) is 6.01. The highest BCUT2D eigenvalue weighted by Gasteiger charge is 2.21. The van der Waals surface area contributed by atoms with Gasteiger partial charge in [-0.05, 0) is 42.0 Å². The third-order valence-electron chi connectivity index (χ3n) is 4.32. The first-order valence-electron chi connectivity index (χ1n) is 8.04. The molecule has 0 atom stereocenters. The number of fused-ring (bicyclic) bond motifs is 1. The van der Waals surface area contributed by atoms with Gasteiger partial charge in [0.1, 0.15) is 0 Å². The van der Waals surface area contributed by atoms with Crippen LogP contribution in [0.3, 0.4) is 0 Å². The van der Waals surface area contributed by atoms with Gasteiger partial charge in [-0.3, -0.25) is 0 Å². The number of rotatable bonds is 3. The maximum absolute atomic E-state index is 13.2. The van der Waals surface area contributed by atoms with E-state index in [9.17, 15) is 8.42 Å². The van der Waals surface area contributed by atoms with Crippen LogP contribution in [0.15, 0.2) is 83.9 Å². The Labute approximate surface area is 151 Å². The lowest BCUT2D eigenvalue weighted by Crippen LogP contribution is -2.11. The molecule has 0 aliphatic rings. The van der Waals surface area contributed by atoms with Crippen molar-refractivity contribution < 1.29 is 8.42 Å². The second-order valence-corrected chi connectivity index (χ2v) is 7.87. The number of nitrogens with two attached hydrogens (primary N) is 2. The molecule has 0 amide bonds. The fraction of sp³-hybridized carbons (Fsp3) is 0. The summed E-state index contributed by atoms with van der Waals surface area (Å²) >= 11 is 0. The predicted molar refractivity (Wildman–Crippen MR) is 105 cm³/mol. The summed E-state index contributed by atoms with van der Waals surface area (Å²) in [6.07, 6.45) is 1.64. The van der Waals surface area contributed by atoms with Gasteiger partial charge in [-0.2, -0.15) is 0 Å². The number of aromatic nitrogens is 1. The molecule has 1 heterocycles. The van der Waals surface area contributed by atoms with Crippen LogP contribution < -0.4 is 11.5 Å². The van der Waals surface area contributed by atoms with Crippen LogP contribution in [0, 0.1) is 0 Å². The zero-order valence-corrected chi connectivity index (χ0v) is 14.6. The molecule has 4 aromatic rings. The first kappa shape index (κ1) is 16.2. The van der Waals surface area contributed by atoms with E-state index in [-0.39, 0.29) is 4.90 Å². The van der Waals surface area contributed by atoms with Crippen molar-refractivity contribution in [3.8, 4) is 11.1 Å². The first-order chi connectivity index (χ1) is 12.5.